The predicted octanol–water partition coefficient (Wildman–Crippen LogP) is -0.217. The molecular formula is C7H10BNO2. The Labute approximate surface area is 66.1 Å². The summed E-state index contributed by atoms with van der Waals surface area (Å²) in [6.07, 6.45) is 0. The highest BCUT2D eigenvalue weighted by molar-refractivity contribution is 6.17. The quantitative estimate of drug-likeness (QED) is 0.587. The molecule has 1 aromatic rings. The van der Waals surface area contributed by atoms with Crippen molar-refractivity contribution in [1.82, 2.24) is 0 Å². The summed E-state index contributed by atoms with van der Waals surface area (Å²) in [6.45, 7) is 0.527. The van der Waals surface area contributed by atoms with E-state index in [1.54, 1.807) is 12.1 Å². The summed E-state index contributed by atoms with van der Waals surface area (Å²) in [5.74, 6) is 0.657. The van der Waals surface area contributed by atoms with Crippen LogP contribution in [0.5, 0.6) is 5.75 Å². The van der Waals surface area contributed by atoms with Gasteiger partial charge in [-0.25, -0.2) is 0 Å². The Balaban J connectivity index is 2.66. The van der Waals surface area contributed by atoms with Gasteiger partial charge in [0.05, 0.1) is 0 Å². The lowest BCUT2D eigenvalue weighted by Crippen LogP contribution is -2.00. The number of benzene rings is 1. The average molecular weight is 151 g/mol. The highest BCUT2D eigenvalue weighted by Gasteiger charge is 1.92. The Morgan fingerprint density at radius 1 is 1.36 bits per heavy atom. The summed E-state index contributed by atoms with van der Waals surface area (Å²) < 4.78 is 4.82. The van der Waals surface area contributed by atoms with Crippen molar-refractivity contribution in [2.24, 2.45) is 5.73 Å². The normalized spacial score (nSPS) is 9.27. The monoisotopic (exact) mass is 151 g/mol. The lowest BCUT2D eigenvalue weighted by Gasteiger charge is -2.01. The Morgan fingerprint density at radius 3 is 2.45 bits per heavy atom. The molecule has 0 aliphatic carbocycles. The third-order valence-electron chi connectivity index (χ3n) is 1.39. The van der Waals surface area contributed by atoms with Crippen molar-refractivity contribution in [2.75, 3.05) is 0 Å². The second-order valence-electron chi connectivity index (χ2n) is 2.12. The van der Waals surface area contributed by atoms with Crippen LogP contribution < -0.4 is 10.4 Å². The van der Waals surface area contributed by atoms with Gasteiger partial charge >= 0.3 is 7.69 Å². The second kappa shape index (κ2) is 4.00. The summed E-state index contributed by atoms with van der Waals surface area (Å²) in [4.78, 5) is 0. The molecule has 0 aliphatic heterocycles. The minimum atomic E-state index is -0.290. The molecule has 0 radical (unpaired) electrons. The minimum absolute atomic E-state index is 0.290. The summed E-state index contributed by atoms with van der Waals surface area (Å²) >= 11 is 0. The van der Waals surface area contributed by atoms with E-state index in [1.165, 1.54) is 0 Å². The van der Waals surface area contributed by atoms with E-state index in [4.69, 9.17) is 15.4 Å². The molecule has 0 aliphatic rings. The van der Waals surface area contributed by atoms with E-state index in [0.717, 1.165) is 5.56 Å². The highest BCUT2D eigenvalue weighted by atomic mass is 16.5. The van der Waals surface area contributed by atoms with Crippen molar-refractivity contribution in [3.63, 3.8) is 0 Å². The zero-order valence-corrected chi connectivity index (χ0v) is 6.16. The topological polar surface area (TPSA) is 55.5 Å². The lowest BCUT2D eigenvalue weighted by atomic mass is 10.2. The molecule has 0 unspecified atom stereocenters. The third kappa shape index (κ3) is 2.25. The van der Waals surface area contributed by atoms with Crippen LogP contribution in [0.2, 0.25) is 0 Å². The smallest absolute Gasteiger partial charge is 0.504 e. The van der Waals surface area contributed by atoms with E-state index in [2.05, 4.69) is 0 Å². The van der Waals surface area contributed by atoms with Gasteiger partial charge in [-0.15, -0.1) is 0 Å². The molecule has 0 heterocycles. The van der Waals surface area contributed by atoms with Gasteiger partial charge in [0.15, 0.2) is 0 Å². The van der Waals surface area contributed by atoms with Crippen molar-refractivity contribution >= 4 is 7.69 Å². The molecule has 4 heteroatoms. The van der Waals surface area contributed by atoms with Crippen LogP contribution in [-0.2, 0) is 6.54 Å². The number of nitrogens with two attached hydrogens (primary N) is 1. The number of hydrogen-bond donors (Lipinski definition) is 2. The predicted molar refractivity (Wildman–Crippen MR) is 44.3 cm³/mol. The summed E-state index contributed by atoms with van der Waals surface area (Å²) in [7, 11) is -0.290. The molecule has 1 aromatic carbocycles. The van der Waals surface area contributed by atoms with Crippen LogP contribution in [0, 0.1) is 0 Å². The molecule has 0 atom stereocenters. The van der Waals surface area contributed by atoms with Gasteiger partial charge in [-0.2, -0.15) is 0 Å². The van der Waals surface area contributed by atoms with Crippen LogP contribution in [0.1, 0.15) is 5.56 Å². The first kappa shape index (κ1) is 8.10. The molecule has 3 N–H and O–H groups in total. The van der Waals surface area contributed by atoms with E-state index in [-0.39, 0.29) is 7.69 Å². The van der Waals surface area contributed by atoms with Crippen LogP contribution in [-0.4, -0.2) is 12.7 Å². The maximum atomic E-state index is 8.40. The van der Waals surface area contributed by atoms with E-state index in [1.807, 2.05) is 12.1 Å². The van der Waals surface area contributed by atoms with E-state index in [0.29, 0.717) is 12.3 Å². The Hall–Kier alpha value is -0.995. The first-order valence-electron chi connectivity index (χ1n) is 3.39. The maximum absolute atomic E-state index is 8.40. The van der Waals surface area contributed by atoms with Crippen LogP contribution >= 0.6 is 0 Å². The van der Waals surface area contributed by atoms with E-state index >= 15 is 0 Å². The Bertz CT molecular complexity index is 212. The van der Waals surface area contributed by atoms with Gasteiger partial charge in [0.2, 0.25) is 0 Å². The Kier molecular flexibility index (Phi) is 2.95. The summed E-state index contributed by atoms with van der Waals surface area (Å²) in [6, 6.07) is 7.28. The molecule has 0 amide bonds. The van der Waals surface area contributed by atoms with Crippen LogP contribution in [0.4, 0.5) is 0 Å². The molecular weight excluding hydrogens is 141 g/mol. The van der Waals surface area contributed by atoms with Gasteiger partial charge in [0, 0.05) is 6.54 Å². The minimum Gasteiger partial charge on any atom is -0.539 e. The number of hydrogen-bond acceptors (Lipinski definition) is 3. The van der Waals surface area contributed by atoms with Gasteiger partial charge in [-0.3, -0.25) is 0 Å². The summed E-state index contributed by atoms with van der Waals surface area (Å²) in [5, 5.41) is 8.40. The van der Waals surface area contributed by atoms with E-state index < -0.39 is 0 Å². The molecule has 0 fully saturated rings. The standard InChI is InChI=1S/C7H10BNO2/c9-5-6-1-3-7(4-2-6)11-8-10/h1-4,8,10H,5,9H2. The Morgan fingerprint density at radius 2 is 2.00 bits per heavy atom. The molecule has 0 saturated carbocycles. The molecule has 58 valence electrons. The van der Waals surface area contributed by atoms with Crippen LogP contribution in [0.15, 0.2) is 24.3 Å². The van der Waals surface area contributed by atoms with Gasteiger partial charge in [0.25, 0.3) is 0 Å². The highest BCUT2D eigenvalue weighted by Crippen LogP contribution is 2.10. The molecule has 0 bridgehead atoms. The zero-order chi connectivity index (χ0) is 8.10. The van der Waals surface area contributed by atoms with Gasteiger partial charge in [0.1, 0.15) is 5.75 Å². The van der Waals surface area contributed by atoms with Crippen molar-refractivity contribution < 1.29 is 9.68 Å². The van der Waals surface area contributed by atoms with Crippen molar-refractivity contribution in [1.29, 1.82) is 0 Å². The van der Waals surface area contributed by atoms with Gasteiger partial charge < -0.3 is 15.4 Å². The zero-order valence-electron chi connectivity index (χ0n) is 6.16. The fourth-order valence-corrected chi connectivity index (χ4v) is 0.796. The fraction of sp³-hybridized carbons (Fsp3) is 0.143. The third-order valence-corrected chi connectivity index (χ3v) is 1.39. The second-order valence-corrected chi connectivity index (χ2v) is 2.12. The molecule has 0 spiro atoms. The van der Waals surface area contributed by atoms with Crippen molar-refractivity contribution in [2.45, 2.75) is 6.54 Å². The van der Waals surface area contributed by atoms with Crippen LogP contribution in [0.25, 0.3) is 0 Å². The first-order valence-corrected chi connectivity index (χ1v) is 3.39. The molecule has 0 aromatic heterocycles. The van der Waals surface area contributed by atoms with Crippen LogP contribution in [0.3, 0.4) is 0 Å². The first-order chi connectivity index (χ1) is 5.36. The maximum Gasteiger partial charge on any atom is 0.504 e. The largest absolute Gasteiger partial charge is 0.539 e. The van der Waals surface area contributed by atoms with Crippen molar-refractivity contribution in [3.8, 4) is 5.75 Å². The fourth-order valence-electron chi connectivity index (χ4n) is 0.796. The number of rotatable bonds is 3. The molecule has 0 saturated heterocycles. The summed E-state index contributed by atoms with van der Waals surface area (Å²) in [5.41, 5.74) is 6.43. The molecule has 1 rings (SSSR count). The van der Waals surface area contributed by atoms with Gasteiger partial charge in [-0.1, -0.05) is 12.1 Å². The molecule has 3 nitrogen and oxygen atoms in total. The average Bonchev–Trinajstić information content (AvgIpc) is 2.07. The van der Waals surface area contributed by atoms with E-state index in [9.17, 15) is 0 Å². The van der Waals surface area contributed by atoms with Gasteiger partial charge in [-0.05, 0) is 17.7 Å². The molecule has 11 heavy (non-hydrogen) atoms. The SMILES string of the molecule is NCc1ccc(OBO)cc1. The van der Waals surface area contributed by atoms with Crippen molar-refractivity contribution in [3.05, 3.63) is 29.8 Å². The lowest BCUT2D eigenvalue weighted by molar-refractivity contribution is 0.453.